The Bertz CT molecular complexity index is 411. The first-order valence-electron chi connectivity index (χ1n) is 4.66. The second kappa shape index (κ2) is 4.40. The zero-order valence-corrected chi connectivity index (χ0v) is 9.09. The van der Waals surface area contributed by atoms with Crippen molar-refractivity contribution in [2.45, 2.75) is 13.0 Å². The van der Waals surface area contributed by atoms with Gasteiger partial charge in [-0.05, 0) is 31.2 Å². The van der Waals surface area contributed by atoms with E-state index in [2.05, 4.69) is 17.2 Å². The number of benzene rings is 1. The van der Waals surface area contributed by atoms with Gasteiger partial charge in [0.1, 0.15) is 5.82 Å². The minimum atomic E-state index is -0.217. The number of nitrogens with one attached hydrogen (secondary N) is 1. The maximum atomic E-state index is 12.7. The molecule has 0 bridgehead atoms. The Hall–Kier alpha value is -1.42. The molecule has 1 aromatic carbocycles. The van der Waals surface area contributed by atoms with Crippen LogP contribution in [-0.4, -0.2) is 4.98 Å². The highest BCUT2D eigenvalue weighted by molar-refractivity contribution is 7.09. The molecule has 15 heavy (non-hydrogen) atoms. The van der Waals surface area contributed by atoms with Crippen molar-refractivity contribution in [3.63, 3.8) is 0 Å². The molecule has 0 aliphatic carbocycles. The third-order valence-electron chi connectivity index (χ3n) is 2.11. The first kappa shape index (κ1) is 10.1. The summed E-state index contributed by atoms with van der Waals surface area (Å²) in [6, 6.07) is 6.55. The molecule has 1 aromatic heterocycles. The number of aromatic nitrogens is 1. The van der Waals surface area contributed by atoms with Gasteiger partial charge < -0.3 is 5.32 Å². The van der Waals surface area contributed by atoms with Crippen LogP contribution in [0, 0.1) is 5.82 Å². The highest BCUT2D eigenvalue weighted by Crippen LogP contribution is 2.21. The molecule has 2 nitrogen and oxygen atoms in total. The van der Waals surface area contributed by atoms with Crippen LogP contribution < -0.4 is 5.32 Å². The Labute approximate surface area is 91.8 Å². The second-order valence-electron chi connectivity index (χ2n) is 3.28. The molecular formula is C11H11FN2S. The van der Waals surface area contributed by atoms with Gasteiger partial charge in [0.15, 0.2) is 0 Å². The minimum Gasteiger partial charge on any atom is -0.378 e. The summed E-state index contributed by atoms with van der Waals surface area (Å²) in [4.78, 5) is 5.18. The van der Waals surface area contributed by atoms with Gasteiger partial charge in [-0.15, -0.1) is 11.3 Å². The van der Waals surface area contributed by atoms with Crippen LogP contribution in [-0.2, 0) is 0 Å². The van der Waals surface area contributed by atoms with Gasteiger partial charge in [-0.3, -0.25) is 4.98 Å². The highest BCUT2D eigenvalue weighted by Gasteiger charge is 2.06. The Morgan fingerprint density at radius 2 is 2.07 bits per heavy atom. The van der Waals surface area contributed by atoms with Gasteiger partial charge in [-0.2, -0.15) is 0 Å². The van der Waals surface area contributed by atoms with E-state index in [1.807, 2.05) is 6.20 Å². The molecule has 78 valence electrons. The summed E-state index contributed by atoms with van der Waals surface area (Å²) in [5.41, 5.74) is 2.72. The number of halogens is 1. The molecule has 1 heterocycles. The number of hydrogen-bond donors (Lipinski definition) is 1. The molecule has 4 heteroatoms. The van der Waals surface area contributed by atoms with Gasteiger partial charge in [0.25, 0.3) is 0 Å². The zero-order valence-electron chi connectivity index (χ0n) is 8.27. The lowest BCUT2D eigenvalue weighted by molar-refractivity contribution is 0.628. The average Bonchev–Trinajstić information content (AvgIpc) is 2.74. The predicted octanol–water partition coefficient (Wildman–Crippen LogP) is 3.46. The van der Waals surface area contributed by atoms with Gasteiger partial charge in [-0.1, -0.05) is 0 Å². The quantitative estimate of drug-likeness (QED) is 0.860. The van der Waals surface area contributed by atoms with Crippen molar-refractivity contribution in [2.75, 3.05) is 5.32 Å². The summed E-state index contributed by atoms with van der Waals surface area (Å²) < 4.78 is 12.7. The first-order chi connectivity index (χ1) is 7.25. The van der Waals surface area contributed by atoms with E-state index in [0.717, 1.165) is 5.69 Å². The minimum absolute atomic E-state index is 0.197. The fourth-order valence-electron chi connectivity index (χ4n) is 1.31. The maximum Gasteiger partial charge on any atom is 0.123 e. The summed E-state index contributed by atoms with van der Waals surface area (Å²) >= 11 is 1.61. The van der Waals surface area contributed by atoms with Crippen molar-refractivity contribution in [3.05, 3.63) is 46.7 Å². The molecule has 0 radical (unpaired) electrons. The average molecular weight is 222 g/mol. The first-order valence-corrected chi connectivity index (χ1v) is 5.54. The topological polar surface area (TPSA) is 24.9 Å². The van der Waals surface area contributed by atoms with Crippen molar-refractivity contribution < 1.29 is 4.39 Å². The van der Waals surface area contributed by atoms with E-state index in [-0.39, 0.29) is 11.9 Å². The van der Waals surface area contributed by atoms with Crippen molar-refractivity contribution in [1.29, 1.82) is 0 Å². The molecule has 0 saturated heterocycles. The SMILES string of the molecule is CC(Nc1ccc(F)cc1)c1cncs1. The molecule has 0 amide bonds. The van der Waals surface area contributed by atoms with Gasteiger partial charge >= 0.3 is 0 Å². The predicted molar refractivity (Wildman–Crippen MR) is 60.6 cm³/mol. The zero-order chi connectivity index (χ0) is 10.7. The van der Waals surface area contributed by atoms with Crippen LogP contribution in [0.3, 0.4) is 0 Å². The number of hydrogen-bond acceptors (Lipinski definition) is 3. The summed E-state index contributed by atoms with van der Waals surface area (Å²) in [7, 11) is 0. The van der Waals surface area contributed by atoms with Crippen LogP contribution in [0.4, 0.5) is 10.1 Å². The maximum absolute atomic E-state index is 12.7. The summed E-state index contributed by atoms with van der Waals surface area (Å²) in [5.74, 6) is -0.217. The lowest BCUT2D eigenvalue weighted by atomic mass is 10.2. The number of nitrogens with zero attached hydrogens (tertiary/aromatic N) is 1. The Kier molecular flexibility index (Phi) is 2.97. The summed E-state index contributed by atoms with van der Waals surface area (Å²) in [6.07, 6.45) is 1.84. The van der Waals surface area contributed by atoms with Gasteiger partial charge in [0.05, 0.1) is 11.6 Å². The third kappa shape index (κ3) is 2.53. The van der Waals surface area contributed by atoms with Crippen LogP contribution in [0.2, 0.25) is 0 Å². The van der Waals surface area contributed by atoms with E-state index in [4.69, 9.17) is 0 Å². The van der Waals surface area contributed by atoms with E-state index in [0.29, 0.717) is 0 Å². The molecule has 0 saturated carbocycles. The van der Waals surface area contributed by atoms with Crippen LogP contribution in [0.25, 0.3) is 0 Å². The van der Waals surface area contributed by atoms with Crippen LogP contribution in [0.5, 0.6) is 0 Å². The monoisotopic (exact) mass is 222 g/mol. The molecule has 2 rings (SSSR count). The second-order valence-corrected chi connectivity index (χ2v) is 4.19. The fourth-order valence-corrected chi connectivity index (χ4v) is 1.93. The number of thiazole rings is 1. The van der Waals surface area contributed by atoms with E-state index in [9.17, 15) is 4.39 Å². The molecule has 0 fully saturated rings. The molecule has 1 unspecified atom stereocenters. The van der Waals surface area contributed by atoms with E-state index in [1.165, 1.54) is 17.0 Å². The Balaban J connectivity index is 2.06. The van der Waals surface area contributed by atoms with Gasteiger partial charge in [0, 0.05) is 16.8 Å². The fraction of sp³-hybridized carbons (Fsp3) is 0.182. The van der Waals surface area contributed by atoms with Crippen molar-refractivity contribution in [1.82, 2.24) is 4.98 Å². The molecule has 1 atom stereocenters. The molecule has 2 aromatic rings. The van der Waals surface area contributed by atoms with Crippen LogP contribution in [0.15, 0.2) is 36.0 Å². The highest BCUT2D eigenvalue weighted by atomic mass is 32.1. The standard InChI is InChI=1S/C11H11FN2S/c1-8(11-6-13-7-15-11)14-10-4-2-9(12)3-5-10/h2-8,14H,1H3. The molecular weight excluding hydrogens is 211 g/mol. The lowest BCUT2D eigenvalue weighted by Crippen LogP contribution is -2.04. The third-order valence-corrected chi connectivity index (χ3v) is 3.06. The van der Waals surface area contributed by atoms with E-state index < -0.39 is 0 Å². The van der Waals surface area contributed by atoms with E-state index >= 15 is 0 Å². The Morgan fingerprint density at radius 3 is 2.67 bits per heavy atom. The molecule has 0 aliphatic rings. The summed E-state index contributed by atoms with van der Waals surface area (Å²) in [6.45, 7) is 2.05. The molecule has 0 aliphatic heterocycles. The normalized spacial score (nSPS) is 12.4. The summed E-state index contributed by atoms with van der Waals surface area (Å²) in [5, 5.41) is 3.28. The number of rotatable bonds is 3. The molecule has 0 spiro atoms. The smallest absolute Gasteiger partial charge is 0.123 e. The number of anilines is 1. The van der Waals surface area contributed by atoms with Gasteiger partial charge in [-0.25, -0.2) is 4.39 Å². The lowest BCUT2D eigenvalue weighted by Gasteiger charge is -2.12. The largest absolute Gasteiger partial charge is 0.378 e. The van der Waals surface area contributed by atoms with Crippen molar-refractivity contribution >= 4 is 17.0 Å². The van der Waals surface area contributed by atoms with Crippen LogP contribution >= 0.6 is 11.3 Å². The van der Waals surface area contributed by atoms with E-state index in [1.54, 1.807) is 29.0 Å². The Morgan fingerprint density at radius 1 is 1.33 bits per heavy atom. The van der Waals surface area contributed by atoms with Crippen molar-refractivity contribution in [2.24, 2.45) is 0 Å². The van der Waals surface area contributed by atoms with Crippen LogP contribution in [0.1, 0.15) is 17.8 Å². The van der Waals surface area contributed by atoms with Gasteiger partial charge in [0.2, 0.25) is 0 Å². The molecule has 1 N–H and O–H groups in total. The van der Waals surface area contributed by atoms with Crippen molar-refractivity contribution in [3.8, 4) is 0 Å².